The lowest BCUT2D eigenvalue weighted by Gasteiger charge is -2.35. The Morgan fingerprint density at radius 1 is 1.41 bits per heavy atom. The summed E-state index contributed by atoms with van der Waals surface area (Å²) < 4.78 is 1.17. The van der Waals surface area contributed by atoms with Crippen LogP contribution in [-0.2, 0) is 6.54 Å². The third-order valence-electron chi connectivity index (χ3n) is 3.66. The summed E-state index contributed by atoms with van der Waals surface area (Å²) in [5.74, 6) is 0. The zero-order chi connectivity index (χ0) is 12.3. The Labute approximate surface area is 112 Å². The lowest BCUT2D eigenvalue weighted by Crippen LogP contribution is -2.38. The van der Waals surface area contributed by atoms with Crippen LogP contribution < -0.4 is 5.73 Å². The second kappa shape index (κ2) is 5.87. The third-order valence-corrected chi connectivity index (χ3v) is 4.44. The zero-order valence-electron chi connectivity index (χ0n) is 10.5. The van der Waals surface area contributed by atoms with Crippen molar-refractivity contribution in [3.8, 4) is 0 Å². The first-order valence-corrected chi connectivity index (χ1v) is 7.28. The minimum absolute atomic E-state index is 0.747. The number of nitrogen functional groups attached to an aromatic ring is 1. The predicted molar refractivity (Wildman–Crippen MR) is 76.9 cm³/mol. The molecule has 0 spiro atoms. The first kappa shape index (κ1) is 12.9. The summed E-state index contributed by atoms with van der Waals surface area (Å²) in [6, 6.07) is 6.83. The number of anilines is 1. The number of piperidine rings is 1. The summed E-state index contributed by atoms with van der Waals surface area (Å²) in [7, 11) is 0. The molecule has 1 aromatic rings. The minimum Gasteiger partial charge on any atom is -0.399 e. The van der Waals surface area contributed by atoms with Crippen LogP contribution in [0.25, 0.3) is 0 Å². The van der Waals surface area contributed by atoms with E-state index in [4.69, 9.17) is 5.73 Å². The van der Waals surface area contributed by atoms with Crippen molar-refractivity contribution in [3.63, 3.8) is 0 Å². The highest BCUT2D eigenvalue weighted by atomic mass is 79.9. The molecule has 2 rings (SSSR count). The van der Waals surface area contributed by atoms with Gasteiger partial charge in [-0.25, -0.2) is 0 Å². The molecule has 0 amide bonds. The van der Waals surface area contributed by atoms with Gasteiger partial charge in [0.05, 0.1) is 0 Å². The molecule has 1 fully saturated rings. The van der Waals surface area contributed by atoms with Gasteiger partial charge in [0, 0.05) is 22.7 Å². The van der Waals surface area contributed by atoms with Crippen LogP contribution in [0.5, 0.6) is 0 Å². The van der Waals surface area contributed by atoms with Gasteiger partial charge >= 0.3 is 0 Å². The number of likely N-dealkylation sites (tertiary alicyclic amines) is 1. The summed E-state index contributed by atoms with van der Waals surface area (Å²) in [5.41, 5.74) is 8.03. The molecule has 3 heteroatoms. The molecule has 1 unspecified atom stereocenters. The summed E-state index contributed by atoms with van der Waals surface area (Å²) in [5, 5.41) is 0. The Kier molecular flexibility index (Phi) is 4.46. The van der Waals surface area contributed by atoms with E-state index in [2.05, 4.69) is 39.9 Å². The van der Waals surface area contributed by atoms with E-state index >= 15 is 0 Å². The van der Waals surface area contributed by atoms with Crippen LogP contribution in [0.1, 0.15) is 38.2 Å². The second-order valence-electron chi connectivity index (χ2n) is 4.88. The van der Waals surface area contributed by atoms with Crippen LogP contribution in [0.3, 0.4) is 0 Å². The number of halogens is 1. The highest BCUT2D eigenvalue weighted by Crippen LogP contribution is 2.26. The molecule has 17 heavy (non-hydrogen) atoms. The summed E-state index contributed by atoms with van der Waals surface area (Å²) in [4.78, 5) is 2.60. The average Bonchev–Trinajstić information content (AvgIpc) is 2.34. The van der Waals surface area contributed by atoms with Crippen LogP contribution in [0.2, 0.25) is 0 Å². The number of hydrogen-bond acceptors (Lipinski definition) is 2. The van der Waals surface area contributed by atoms with Crippen molar-refractivity contribution in [2.75, 3.05) is 12.3 Å². The molecule has 0 aromatic heterocycles. The Balaban J connectivity index is 2.10. The molecule has 0 radical (unpaired) electrons. The van der Waals surface area contributed by atoms with Gasteiger partial charge in [0.15, 0.2) is 0 Å². The molecule has 94 valence electrons. The van der Waals surface area contributed by atoms with Crippen LogP contribution >= 0.6 is 15.9 Å². The quantitative estimate of drug-likeness (QED) is 0.860. The maximum Gasteiger partial charge on any atom is 0.0318 e. The van der Waals surface area contributed by atoms with Crippen LogP contribution in [0, 0.1) is 0 Å². The molecule has 0 saturated carbocycles. The van der Waals surface area contributed by atoms with Gasteiger partial charge in [-0.15, -0.1) is 0 Å². The van der Waals surface area contributed by atoms with E-state index in [-0.39, 0.29) is 0 Å². The van der Waals surface area contributed by atoms with Crippen molar-refractivity contribution in [1.82, 2.24) is 4.90 Å². The maximum absolute atomic E-state index is 5.86. The van der Waals surface area contributed by atoms with Gasteiger partial charge in [-0.1, -0.05) is 29.3 Å². The van der Waals surface area contributed by atoms with E-state index in [9.17, 15) is 0 Å². The molecule has 1 aliphatic rings. The fourth-order valence-corrected chi connectivity index (χ4v) is 3.04. The molecular formula is C14H21BrN2. The lowest BCUT2D eigenvalue weighted by molar-refractivity contribution is 0.136. The topological polar surface area (TPSA) is 29.3 Å². The molecule has 0 aliphatic carbocycles. The normalized spacial score (nSPS) is 21.6. The molecule has 2 nitrogen and oxygen atoms in total. The molecule has 1 saturated heterocycles. The molecule has 2 N–H and O–H groups in total. The zero-order valence-corrected chi connectivity index (χ0v) is 12.0. The number of nitrogens with two attached hydrogens (primary N) is 1. The Bertz CT molecular complexity index is 378. The number of nitrogens with zero attached hydrogens (tertiary/aromatic N) is 1. The van der Waals surface area contributed by atoms with E-state index in [0.29, 0.717) is 0 Å². The average molecular weight is 297 g/mol. The highest BCUT2D eigenvalue weighted by Gasteiger charge is 2.21. The lowest BCUT2D eigenvalue weighted by atomic mass is 9.99. The smallest absolute Gasteiger partial charge is 0.0318 e. The monoisotopic (exact) mass is 296 g/mol. The summed E-state index contributed by atoms with van der Waals surface area (Å²) in [6.07, 6.45) is 5.31. The number of hydrogen-bond donors (Lipinski definition) is 1. The van der Waals surface area contributed by atoms with Crippen molar-refractivity contribution < 1.29 is 0 Å². The predicted octanol–water partition coefficient (Wildman–Crippen LogP) is 3.80. The van der Waals surface area contributed by atoms with Crippen molar-refractivity contribution in [2.45, 2.75) is 45.2 Å². The van der Waals surface area contributed by atoms with Crippen molar-refractivity contribution in [1.29, 1.82) is 0 Å². The van der Waals surface area contributed by atoms with Crippen molar-refractivity contribution in [2.24, 2.45) is 0 Å². The molecular weight excluding hydrogens is 276 g/mol. The Morgan fingerprint density at radius 2 is 2.24 bits per heavy atom. The standard InChI is InChI=1S/C14H21BrN2/c1-2-13-5-3-4-8-17(13)10-11-9-12(16)6-7-14(11)15/h6-7,9,13H,2-5,8,10,16H2,1H3. The van der Waals surface area contributed by atoms with Gasteiger partial charge in [-0.05, 0) is 49.6 Å². The highest BCUT2D eigenvalue weighted by molar-refractivity contribution is 9.10. The van der Waals surface area contributed by atoms with Crippen LogP contribution in [-0.4, -0.2) is 17.5 Å². The fraction of sp³-hybridized carbons (Fsp3) is 0.571. The minimum atomic E-state index is 0.747. The van der Waals surface area contributed by atoms with Crippen LogP contribution in [0.4, 0.5) is 5.69 Å². The van der Waals surface area contributed by atoms with Gasteiger partial charge < -0.3 is 5.73 Å². The van der Waals surface area contributed by atoms with Crippen LogP contribution in [0.15, 0.2) is 22.7 Å². The van der Waals surface area contributed by atoms with Gasteiger partial charge in [0.2, 0.25) is 0 Å². The fourth-order valence-electron chi connectivity index (χ4n) is 2.67. The first-order valence-electron chi connectivity index (χ1n) is 6.48. The molecule has 1 heterocycles. The second-order valence-corrected chi connectivity index (χ2v) is 5.73. The third kappa shape index (κ3) is 3.23. The molecule has 1 aromatic carbocycles. The van der Waals surface area contributed by atoms with E-state index in [1.165, 1.54) is 42.3 Å². The molecule has 0 bridgehead atoms. The van der Waals surface area contributed by atoms with Crippen molar-refractivity contribution >= 4 is 21.6 Å². The van der Waals surface area contributed by atoms with E-state index in [1.54, 1.807) is 0 Å². The first-order chi connectivity index (χ1) is 8.20. The SMILES string of the molecule is CCC1CCCCN1Cc1cc(N)ccc1Br. The number of rotatable bonds is 3. The Hall–Kier alpha value is -0.540. The van der Waals surface area contributed by atoms with E-state index < -0.39 is 0 Å². The van der Waals surface area contributed by atoms with Gasteiger partial charge in [-0.2, -0.15) is 0 Å². The van der Waals surface area contributed by atoms with E-state index in [1.807, 2.05) is 6.07 Å². The van der Waals surface area contributed by atoms with E-state index in [0.717, 1.165) is 18.3 Å². The summed E-state index contributed by atoms with van der Waals surface area (Å²) in [6.45, 7) is 4.53. The van der Waals surface area contributed by atoms with Crippen molar-refractivity contribution in [3.05, 3.63) is 28.2 Å². The largest absolute Gasteiger partial charge is 0.399 e. The maximum atomic E-state index is 5.86. The van der Waals surface area contributed by atoms with Gasteiger partial charge in [0.1, 0.15) is 0 Å². The molecule has 1 atom stereocenters. The Morgan fingerprint density at radius 3 is 3.00 bits per heavy atom. The van der Waals surface area contributed by atoms with Gasteiger partial charge in [0.25, 0.3) is 0 Å². The van der Waals surface area contributed by atoms with Gasteiger partial charge in [-0.3, -0.25) is 4.90 Å². The molecule has 1 aliphatic heterocycles. The number of benzene rings is 1. The summed E-state index contributed by atoms with van der Waals surface area (Å²) >= 11 is 3.62.